The summed E-state index contributed by atoms with van der Waals surface area (Å²) < 4.78 is 27.1. The Balaban J connectivity index is 1.52. The molecule has 2 fully saturated rings. The van der Waals surface area contributed by atoms with E-state index >= 15 is 0 Å². The number of piperidine rings is 1. The summed E-state index contributed by atoms with van der Waals surface area (Å²) in [5, 5.41) is 6.63. The minimum absolute atomic E-state index is 0.182. The van der Waals surface area contributed by atoms with E-state index in [1.165, 1.54) is 0 Å². The van der Waals surface area contributed by atoms with E-state index < -0.39 is 10.0 Å². The van der Waals surface area contributed by atoms with E-state index in [0.717, 1.165) is 37.8 Å². The molecule has 1 aromatic carbocycles. The van der Waals surface area contributed by atoms with Gasteiger partial charge in [0.2, 0.25) is 15.9 Å². The lowest BCUT2D eigenvalue weighted by atomic mass is 10.2. The number of rotatable bonds is 6. The SMILES string of the molecule is CCC(=O)N1CCC(NC(=NC)NCc2ccc(S(=O)(=O)N3CCCCC3)cc2)C1. The summed E-state index contributed by atoms with van der Waals surface area (Å²) in [4.78, 5) is 18.3. The summed E-state index contributed by atoms with van der Waals surface area (Å²) in [7, 11) is -1.68. The lowest BCUT2D eigenvalue weighted by Crippen LogP contribution is -2.44. The zero-order valence-electron chi connectivity index (χ0n) is 17.9. The molecular weight excluding hydrogens is 402 g/mol. The third-order valence-corrected chi connectivity index (χ3v) is 7.66. The number of benzene rings is 1. The van der Waals surface area contributed by atoms with Crippen LogP contribution in [0.15, 0.2) is 34.2 Å². The van der Waals surface area contributed by atoms with Crippen molar-refractivity contribution in [1.29, 1.82) is 0 Å². The molecule has 0 saturated carbocycles. The molecule has 0 radical (unpaired) electrons. The van der Waals surface area contributed by atoms with Crippen LogP contribution in [0.2, 0.25) is 0 Å². The van der Waals surface area contributed by atoms with Gasteiger partial charge in [-0.05, 0) is 37.0 Å². The topological polar surface area (TPSA) is 94.1 Å². The molecule has 9 heteroatoms. The first-order valence-corrected chi connectivity index (χ1v) is 12.2. The Kier molecular flexibility index (Phi) is 7.71. The molecule has 8 nitrogen and oxygen atoms in total. The number of amides is 1. The molecular formula is C21H33N5O3S. The first kappa shape index (κ1) is 22.6. The van der Waals surface area contributed by atoms with Gasteiger partial charge in [-0.25, -0.2) is 8.42 Å². The molecule has 1 aromatic rings. The number of nitrogens with one attached hydrogen (secondary N) is 2. The average Bonchev–Trinajstić information content (AvgIpc) is 3.25. The lowest BCUT2D eigenvalue weighted by Gasteiger charge is -2.25. The molecule has 1 amide bonds. The summed E-state index contributed by atoms with van der Waals surface area (Å²) in [6.07, 6.45) is 4.38. The first-order valence-electron chi connectivity index (χ1n) is 10.8. The van der Waals surface area contributed by atoms with Gasteiger partial charge in [0.25, 0.3) is 0 Å². The Hall–Kier alpha value is -2.13. The van der Waals surface area contributed by atoms with Crippen LogP contribution < -0.4 is 10.6 Å². The summed E-state index contributed by atoms with van der Waals surface area (Å²) >= 11 is 0. The van der Waals surface area contributed by atoms with Crippen molar-refractivity contribution in [3.63, 3.8) is 0 Å². The highest BCUT2D eigenvalue weighted by atomic mass is 32.2. The number of aliphatic imine (C=N–C) groups is 1. The van der Waals surface area contributed by atoms with E-state index in [9.17, 15) is 13.2 Å². The van der Waals surface area contributed by atoms with E-state index in [2.05, 4.69) is 15.6 Å². The fourth-order valence-electron chi connectivity index (χ4n) is 3.94. The van der Waals surface area contributed by atoms with Gasteiger partial charge in [-0.1, -0.05) is 25.5 Å². The molecule has 2 aliphatic heterocycles. The molecule has 2 aliphatic rings. The third kappa shape index (κ3) is 5.51. The van der Waals surface area contributed by atoms with Gasteiger partial charge in [0.05, 0.1) is 4.90 Å². The molecule has 1 unspecified atom stereocenters. The number of carbonyl (C=O) groups is 1. The second-order valence-electron chi connectivity index (χ2n) is 7.86. The molecule has 166 valence electrons. The molecule has 2 saturated heterocycles. The Morgan fingerprint density at radius 2 is 1.83 bits per heavy atom. The van der Waals surface area contributed by atoms with E-state index in [-0.39, 0.29) is 11.9 Å². The number of hydrogen-bond acceptors (Lipinski definition) is 4. The zero-order valence-corrected chi connectivity index (χ0v) is 18.7. The molecule has 30 heavy (non-hydrogen) atoms. The Morgan fingerprint density at radius 1 is 1.13 bits per heavy atom. The fraction of sp³-hybridized carbons (Fsp3) is 0.619. The minimum Gasteiger partial charge on any atom is -0.352 e. The maximum atomic E-state index is 12.8. The minimum atomic E-state index is -3.40. The van der Waals surface area contributed by atoms with Gasteiger partial charge in [0, 0.05) is 52.2 Å². The smallest absolute Gasteiger partial charge is 0.243 e. The van der Waals surface area contributed by atoms with Gasteiger partial charge in [0.1, 0.15) is 0 Å². The summed E-state index contributed by atoms with van der Waals surface area (Å²) in [6, 6.07) is 7.23. The number of carbonyl (C=O) groups excluding carboxylic acids is 1. The van der Waals surface area contributed by atoms with Crippen LogP contribution in [-0.2, 0) is 21.4 Å². The first-order chi connectivity index (χ1) is 14.4. The zero-order chi connectivity index (χ0) is 21.6. The Bertz CT molecular complexity index is 848. The fourth-order valence-corrected chi connectivity index (χ4v) is 5.45. The molecule has 0 bridgehead atoms. The van der Waals surface area contributed by atoms with Crippen molar-refractivity contribution in [2.45, 2.75) is 56.5 Å². The van der Waals surface area contributed by atoms with Crippen molar-refractivity contribution in [3.8, 4) is 0 Å². The van der Waals surface area contributed by atoms with Crippen LogP contribution in [0.5, 0.6) is 0 Å². The number of guanidine groups is 1. The van der Waals surface area contributed by atoms with Gasteiger partial charge in [-0.15, -0.1) is 0 Å². The molecule has 0 aliphatic carbocycles. The van der Waals surface area contributed by atoms with Gasteiger partial charge in [-0.2, -0.15) is 4.31 Å². The number of hydrogen-bond donors (Lipinski definition) is 2. The maximum Gasteiger partial charge on any atom is 0.243 e. The van der Waals surface area contributed by atoms with E-state index in [1.807, 2.05) is 24.0 Å². The van der Waals surface area contributed by atoms with Crippen LogP contribution in [0.4, 0.5) is 0 Å². The normalized spacial score (nSPS) is 20.9. The van der Waals surface area contributed by atoms with Crippen molar-refractivity contribution < 1.29 is 13.2 Å². The van der Waals surface area contributed by atoms with Gasteiger partial charge < -0.3 is 15.5 Å². The van der Waals surface area contributed by atoms with E-state index in [4.69, 9.17) is 0 Å². The van der Waals surface area contributed by atoms with Crippen LogP contribution in [-0.4, -0.2) is 68.8 Å². The number of likely N-dealkylation sites (tertiary alicyclic amines) is 1. The van der Waals surface area contributed by atoms with Crippen LogP contribution in [0, 0.1) is 0 Å². The molecule has 0 aromatic heterocycles. The van der Waals surface area contributed by atoms with Gasteiger partial charge in [-0.3, -0.25) is 9.79 Å². The van der Waals surface area contributed by atoms with E-state index in [0.29, 0.717) is 43.5 Å². The summed E-state index contributed by atoms with van der Waals surface area (Å²) in [5.41, 5.74) is 0.977. The van der Waals surface area contributed by atoms with Crippen LogP contribution in [0.25, 0.3) is 0 Å². The monoisotopic (exact) mass is 435 g/mol. The quantitative estimate of drug-likeness (QED) is 0.522. The highest BCUT2D eigenvalue weighted by Crippen LogP contribution is 2.20. The number of nitrogens with zero attached hydrogens (tertiary/aromatic N) is 3. The standard InChI is InChI=1S/C21H33N5O3S/c1-3-20(27)25-14-11-18(16-25)24-21(22-2)23-15-17-7-9-19(10-8-17)30(28,29)26-12-5-4-6-13-26/h7-10,18H,3-6,11-16H2,1-2H3,(H2,22,23,24). The van der Waals surface area contributed by atoms with Crippen LogP contribution in [0.3, 0.4) is 0 Å². The molecule has 2 N–H and O–H groups in total. The number of sulfonamides is 1. The van der Waals surface area contributed by atoms with Crippen molar-refractivity contribution in [1.82, 2.24) is 19.8 Å². The second kappa shape index (κ2) is 10.3. The summed E-state index contributed by atoms with van der Waals surface area (Å²) in [6.45, 7) is 5.09. The van der Waals surface area contributed by atoms with Crippen LogP contribution >= 0.6 is 0 Å². The highest BCUT2D eigenvalue weighted by Gasteiger charge is 2.26. The van der Waals surface area contributed by atoms with Crippen molar-refractivity contribution in [3.05, 3.63) is 29.8 Å². The molecule has 3 rings (SSSR count). The van der Waals surface area contributed by atoms with Gasteiger partial charge >= 0.3 is 0 Å². The molecule has 2 heterocycles. The van der Waals surface area contributed by atoms with Crippen molar-refractivity contribution in [2.24, 2.45) is 4.99 Å². The largest absolute Gasteiger partial charge is 0.352 e. The molecule has 0 spiro atoms. The highest BCUT2D eigenvalue weighted by molar-refractivity contribution is 7.89. The van der Waals surface area contributed by atoms with Crippen LogP contribution in [0.1, 0.15) is 44.6 Å². The third-order valence-electron chi connectivity index (χ3n) is 5.74. The van der Waals surface area contributed by atoms with E-state index in [1.54, 1.807) is 23.5 Å². The Morgan fingerprint density at radius 3 is 2.47 bits per heavy atom. The second-order valence-corrected chi connectivity index (χ2v) is 9.80. The Labute approximate surface area is 179 Å². The predicted octanol–water partition coefficient (Wildman–Crippen LogP) is 1.54. The molecule has 1 atom stereocenters. The maximum absolute atomic E-state index is 12.8. The van der Waals surface area contributed by atoms with Gasteiger partial charge in [0.15, 0.2) is 5.96 Å². The van der Waals surface area contributed by atoms with Crippen molar-refractivity contribution in [2.75, 3.05) is 33.2 Å². The predicted molar refractivity (Wildman–Crippen MR) is 118 cm³/mol. The lowest BCUT2D eigenvalue weighted by molar-refractivity contribution is -0.129. The summed E-state index contributed by atoms with van der Waals surface area (Å²) in [5.74, 6) is 0.859. The van der Waals surface area contributed by atoms with Crippen molar-refractivity contribution >= 4 is 21.9 Å². The average molecular weight is 436 g/mol.